The van der Waals surface area contributed by atoms with Crippen LogP contribution in [0.15, 0.2) is 29.6 Å². The lowest BCUT2D eigenvalue weighted by atomic mass is 10.2. The fraction of sp³-hybridized carbons (Fsp3) is 0.381. The predicted octanol–water partition coefficient (Wildman–Crippen LogP) is 2.87. The third kappa shape index (κ3) is 4.78. The van der Waals surface area contributed by atoms with E-state index in [1.54, 1.807) is 25.0 Å². The Balaban J connectivity index is 1.46. The summed E-state index contributed by atoms with van der Waals surface area (Å²) in [5.74, 6) is 1.69. The van der Waals surface area contributed by atoms with E-state index < -0.39 is 9.84 Å². The Kier molecular flexibility index (Phi) is 6.20. The minimum atomic E-state index is -3.06. The molecule has 32 heavy (non-hydrogen) atoms. The molecule has 1 N–H and O–H groups in total. The number of benzene rings is 1. The van der Waals surface area contributed by atoms with Crippen LogP contribution in [0.5, 0.6) is 11.5 Å². The van der Waals surface area contributed by atoms with E-state index in [2.05, 4.69) is 15.4 Å². The molecule has 0 saturated carbocycles. The molecule has 1 atom stereocenters. The summed E-state index contributed by atoms with van der Waals surface area (Å²) in [6, 6.07) is 7.03. The van der Waals surface area contributed by atoms with Crippen molar-refractivity contribution in [2.45, 2.75) is 25.8 Å². The summed E-state index contributed by atoms with van der Waals surface area (Å²) < 4.78 is 35.9. The Labute approximate surface area is 190 Å². The molecule has 2 aromatic heterocycles. The van der Waals surface area contributed by atoms with Gasteiger partial charge in [-0.2, -0.15) is 5.10 Å². The maximum absolute atomic E-state index is 12.7. The van der Waals surface area contributed by atoms with E-state index >= 15 is 0 Å². The summed E-state index contributed by atoms with van der Waals surface area (Å²) in [6.45, 7) is 1.81. The number of carbonyl (C=O) groups is 1. The quantitative estimate of drug-likeness (QED) is 0.558. The molecule has 1 saturated heterocycles. The third-order valence-corrected chi connectivity index (χ3v) is 7.89. The summed E-state index contributed by atoms with van der Waals surface area (Å²) in [5.41, 5.74) is 2.23. The molecule has 1 aliphatic heterocycles. The molecular formula is C21H24N4O5S2. The molecule has 0 aliphatic carbocycles. The standard InChI is InChI=1S/C21H24N4O5S2/c1-13-8-19(25(24-13)16-6-7-32(27,28)12-16)23-20(26)10-15-11-31-21(22-15)14-4-5-17(29-2)18(9-14)30-3/h4-5,8-9,11,16H,6-7,10,12H2,1-3H3,(H,23,26). The van der Waals surface area contributed by atoms with Crippen molar-refractivity contribution in [3.63, 3.8) is 0 Å². The fourth-order valence-electron chi connectivity index (χ4n) is 3.70. The second-order valence-corrected chi connectivity index (χ2v) is 10.7. The summed E-state index contributed by atoms with van der Waals surface area (Å²) in [6.07, 6.45) is 0.587. The molecule has 3 aromatic rings. The number of aromatic nitrogens is 3. The van der Waals surface area contributed by atoms with Crippen LogP contribution in [-0.4, -0.2) is 54.8 Å². The molecule has 3 heterocycles. The van der Waals surface area contributed by atoms with Gasteiger partial charge in [-0.25, -0.2) is 18.1 Å². The highest BCUT2D eigenvalue weighted by Gasteiger charge is 2.31. The average molecular weight is 477 g/mol. The SMILES string of the molecule is COc1ccc(-c2nc(CC(=O)Nc3cc(C)nn3C3CCS(=O)(=O)C3)cs2)cc1OC. The van der Waals surface area contributed by atoms with Gasteiger partial charge in [0.25, 0.3) is 0 Å². The number of amides is 1. The van der Waals surface area contributed by atoms with Gasteiger partial charge in [-0.3, -0.25) is 4.79 Å². The summed E-state index contributed by atoms with van der Waals surface area (Å²) in [5, 5.41) is 9.87. The van der Waals surface area contributed by atoms with Crippen LogP contribution in [0.4, 0.5) is 5.82 Å². The number of carbonyl (C=O) groups excluding carboxylic acids is 1. The Bertz CT molecular complexity index is 1250. The zero-order chi connectivity index (χ0) is 22.9. The van der Waals surface area contributed by atoms with Crippen LogP contribution in [-0.2, 0) is 21.1 Å². The van der Waals surface area contributed by atoms with E-state index in [-0.39, 0.29) is 29.9 Å². The molecule has 11 heteroatoms. The van der Waals surface area contributed by atoms with Crippen LogP contribution in [0, 0.1) is 6.92 Å². The topological polar surface area (TPSA) is 112 Å². The smallest absolute Gasteiger partial charge is 0.231 e. The number of nitrogens with zero attached hydrogens (tertiary/aromatic N) is 3. The van der Waals surface area contributed by atoms with Crippen LogP contribution in [0.3, 0.4) is 0 Å². The van der Waals surface area contributed by atoms with Crippen molar-refractivity contribution in [2.75, 3.05) is 31.0 Å². The first-order chi connectivity index (χ1) is 15.3. The molecular weight excluding hydrogens is 452 g/mol. The number of nitrogens with one attached hydrogen (secondary N) is 1. The number of aryl methyl sites for hydroxylation is 1. The van der Waals surface area contributed by atoms with Crippen molar-refractivity contribution in [3.8, 4) is 22.1 Å². The highest BCUT2D eigenvalue weighted by atomic mass is 32.2. The maximum Gasteiger partial charge on any atom is 0.231 e. The van der Waals surface area contributed by atoms with E-state index in [1.165, 1.54) is 11.3 Å². The number of hydrogen-bond acceptors (Lipinski definition) is 8. The molecule has 1 aliphatic rings. The minimum Gasteiger partial charge on any atom is -0.493 e. The van der Waals surface area contributed by atoms with Crippen molar-refractivity contribution >= 4 is 32.9 Å². The average Bonchev–Trinajstić information content (AvgIpc) is 3.46. The van der Waals surface area contributed by atoms with Gasteiger partial charge in [0.05, 0.1) is 49.6 Å². The molecule has 1 amide bonds. The Hall–Kier alpha value is -2.92. The summed E-state index contributed by atoms with van der Waals surface area (Å²) in [4.78, 5) is 17.2. The molecule has 9 nitrogen and oxygen atoms in total. The lowest BCUT2D eigenvalue weighted by molar-refractivity contribution is -0.115. The van der Waals surface area contributed by atoms with E-state index in [4.69, 9.17) is 9.47 Å². The summed E-state index contributed by atoms with van der Waals surface area (Å²) in [7, 11) is 0.0959. The number of thiazole rings is 1. The van der Waals surface area contributed by atoms with Crippen LogP contribution < -0.4 is 14.8 Å². The second kappa shape index (κ2) is 8.91. The van der Waals surface area contributed by atoms with Gasteiger partial charge in [0.1, 0.15) is 10.8 Å². The zero-order valence-corrected chi connectivity index (χ0v) is 19.6. The lowest BCUT2D eigenvalue weighted by Crippen LogP contribution is -2.20. The molecule has 0 radical (unpaired) electrons. The molecule has 0 bridgehead atoms. The zero-order valence-electron chi connectivity index (χ0n) is 18.0. The molecule has 1 fully saturated rings. The molecule has 1 aromatic carbocycles. The van der Waals surface area contributed by atoms with Crippen molar-refractivity contribution < 1.29 is 22.7 Å². The van der Waals surface area contributed by atoms with Crippen LogP contribution >= 0.6 is 11.3 Å². The second-order valence-electron chi connectivity index (χ2n) is 7.61. The Morgan fingerprint density at radius 1 is 1.25 bits per heavy atom. The van der Waals surface area contributed by atoms with E-state index in [0.29, 0.717) is 35.1 Å². The number of rotatable bonds is 7. The van der Waals surface area contributed by atoms with Crippen molar-refractivity contribution in [2.24, 2.45) is 0 Å². The van der Waals surface area contributed by atoms with Crippen LogP contribution in [0.25, 0.3) is 10.6 Å². The molecule has 4 rings (SSSR count). The van der Waals surface area contributed by atoms with Crippen molar-refractivity contribution in [1.82, 2.24) is 14.8 Å². The van der Waals surface area contributed by atoms with Crippen molar-refractivity contribution in [1.29, 1.82) is 0 Å². The highest BCUT2D eigenvalue weighted by Crippen LogP contribution is 2.33. The van der Waals surface area contributed by atoms with Gasteiger partial charge in [0, 0.05) is 17.0 Å². The minimum absolute atomic E-state index is 0.0394. The first kappa shape index (κ1) is 22.3. The van der Waals surface area contributed by atoms with E-state index in [9.17, 15) is 13.2 Å². The Morgan fingerprint density at radius 2 is 2.03 bits per heavy atom. The predicted molar refractivity (Wildman–Crippen MR) is 122 cm³/mol. The normalized spacial score (nSPS) is 17.3. The van der Waals surface area contributed by atoms with Crippen LogP contribution in [0.2, 0.25) is 0 Å². The number of sulfone groups is 1. The molecule has 1 unspecified atom stereocenters. The van der Waals surface area contributed by atoms with Gasteiger partial charge < -0.3 is 14.8 Å². The third-order valence-electron chi connectivity index (χ3n) is 5.20. The molecule has 0 spiro atoms. The largest absolute Gasteiger partial charge is 0.493 e. The maximum atomic E-state index is 12.7. The van der Waals surface area contributed by atoms with Gasteiger partial charge in [-0.05, 0) is 31.5 Å². The first-order valence-corrected chi connectivity index (χ1v) is 12.7. The van der Waals surface area contributed by atoms with Crippen molar-refractivity contribution in [3.05, 3.63) is 41.0 Å². The Morgan fingerprint density at radius 3 is 2.72 bits per heavy atom. The first-order valence-electron chi connectivity index (χ1n) is 10.0. The van der Waals surface area contributed by atoms with Gasteiger partial charge in [0.2, 0.25) is 5.91 Å². The lowest BCUT2D eigenvalue weighted by Gasteiger charge is -2.13. The fourth-order valence-corrected chi connectivity index (χ4v) is 6.21. The number of hydrogen-bond donors (Lipinski definition) is 1. The number of methoxy groups -OCH3 is 2. The van der Waals surface area contributed by atoms with Gasteiger partial charge >= 0.3 is 0 Å². The number of ether oxygens (including phenoxy) is 2. The molecule has 170 valence electrons. The van der Waals surface area contributed by atoms with Gasteiger partial charge in [-0.1, -0.05) is 0 Å². The van der Waals surface area contributed by atoms with Gasteiger partial charge in [0.15, 0.2) is 21.3 Å². The monoisotopic (exact) mass is 476 g/mol. The van der Waals surface area contributed by atoms with Crippen LogP contribution in [0.1, 0.15) is 23.9 Å². The van der Waals surface area contributed by atoms with E-state index in [1.807, 2.05) is 30.5 Å². The highest BCUT2D eigenvalue weighted by molar-refractivity contribution is 7.91. The van der Waals surface area contributed by atoms with Gasteiger partial charge in [-0.15, -0.1) is 11.3 Å². The summed E-state index contributed by atoms with van der Waals surface area (Å²) >= 11 is 1.44. The number of anilines is 1. The van der Waals surface area contributed by atoms with E-state index in [0.717, 1.165) is 10.6 Å².